The van der Waals surface area contributed by atoms with Crippen LogP contribution < -0.4 is 5.32 Å². The van der Waals surface area contributed by atoms with Crippen LogP contribution in [0.1, 0.15) is 0 Å². The summed E-state index contributed by atoms with van der Waals surface area (Å²) in [6.45, 7) is 0.0125. The van der Waals surface area contributed by atoms with Gasteiger partial charge in [-0.05, 0) is 54.1 Å². The molecule has 0 aliphatic carbocycles. The van der Waals surface area contributed by atoms with Gasteiger partial charge >= 0.3 is 0 Å². The Morgan fingerprint density at radius 1 is 1.08 bits per heavy atom. The number of para-hydroxylation sites is 1. The third-order valence-corrected chi connectivity index (χ3v) is 5.01. The second-order valence-corrected chi connectivity index (χ2v) is 6.85. The first-order valence-electron chi connectivity index (χ1n) is 7.54. The van der Waals surface area contributed by atoms with Crippen molar-refractivity contribution in [2.75, 3.05) is 17.8 Å². The zero-order valence-corrected chi connectivity index (χ0v) is 15.5. The predicted molar refractivity (Wildman–Crippen MR) is 102 cm³/mol. The van der Waals surface area contributed by atoms with Crippen molar-refractivity contribution in [2.45, 2.75) is 16.3 Å². The molecular weight excluding hydrogens is 354 g/mol. The highest BCUT2D eigenvalue weighted by Crippen LogP contribution is 2.24. The number of benzene rings is 2. The first kappa shape index (κ1) is 17.5. The van der Waals surface area contributed by atoms with Crippen LogP contribution in [0.25, 0.3) is 11.4 Å². The largest absolute Gasteiger partial charge is 0.323 e. The van der Waals surface area contributed by atoms with Crippen molar-refractivity contribution in [3.05, 3.63) is 48.5 Å². The maximum Gasteiger partial charge on any atom is 0.248 e. The summed E-state index contributed by atoms with van der Waals surface area (Å²) >= 11 is 3.26. The minimum atomic E-state index is -0.191. The number of carbonyl (C=O) groups is 1. The number of aromatic nitrogens is 4. The second kappa shape index (κ2) is 8.17. The lowest BCUT2D eigenvalue weighted by atomic mass is 10.2. The van der Waals surface area contributed by atoms with Crippen molar-refractivity contribution in [1.82, 2.24) is 20.2 Å². The van der Waals surface area contributed by atoms with E-state index in [-0.39, 0.29) is 12.5 Å². The van der Waals surface area contributed by atoms with Crippen LogP contribution in [0.5, 0.6) is 0 Å². The van der Waals surface area contributed by atoms with Gasteiger partial charge in [-0.25, -0.2) is 0 Å². The summed E-state index contributed by atoms with van der Waals surface area (Å²) in [5.41, 5.74) is 1.66. The number of tetrazole rings is 1. The minimum absolute atomic E-state index is 0.0125. The third kappa shape index (κ3) is 4.40. The van der Waals surface area contributed by atoms with Crippen LogP contribution in [-0.2, 0) is 11.3 Å². The maximum atomic E-state index is 12.2. The summed E-state index contributed by atoms with van der Waals surface area (Å²) in [5.74, 6) is 0.313. The number of nitrogens with one attached hydrogen (secondary N) is 1. The fraction of sp³-hybridized carbons (Fsp3) is 0.176. The Bertz CT molecular complexity index is 863. The number of anilines is 1. The van der Waals surface area contributed by atoms with E-state index in [1.807, 2.05) is 61.0 Å². The molecule has 1 amide bonds. The van der Waals surface area contributed by atoms with Gasteiger partial charge in [0.15, 0.2) is 0 Å². The fourth-order valence-corrected chi connectivity index (χ4v) is 3.19. The lowest BCUT2D eigenvalue weighted by Gasteiger charge is -2.08. The average Bonchev–Trinajstić information content (AvgIpc) is 3.10. The van der Waals surface area contributed by atoms with Gasteiger partial charge in [0.05, 0.1) is 5.69 Å². The zero-order valence-electron chi connectivity index (χ0n) is 13.8. The molecule has 0 aliphatic heterocycles. The molecule has 1 heterocycles. The van der Waals surface area contributed by atoms with Crippen LogP contribution in [-0.4, -0.2) is 38.6 Å². The Kier molecular flexibility index (Phi) is 5.72. The Morgan fingerprint density at radius 3 is 2.56 bits per heavy atom. The number of nitrogens with zero attached hydrogens (tertiary/aromatic N) is 4. The molecule has 0 atom stereocenters. The highest BCUT2D eigenvalue weighted by atomic mass is 32.2. The van der Waals surface area contributed by atoms with Gasteiger partial charge in [-0.2, -0.15) is 4.80 Å². The topological polar surface area (TPSA) is 72.7 Å². The molecule has 3 rings (SSSR count). The first-order chi connectivity index (χ1) is 12.2. The van der Waals surface area contributed by atoms with E-state index in [1.165, 1.54) is 9.69 Å². The molecule has 25 heavy (non-hydrogen) atoms. The summed E-state index contributed by atoms with van der Waals surface area (Å²) < 4.78 is 0. The van der Waals surface area contributed by atoms with Gasteiger partial charge in [0.25, 0.3) is 0 Å². The Labute approximate surface area is 154 Å². The van der Waals surface area contributed by atoms with Gasteiger partial charge in [-0.1, -0.05) is 12.1 Å². The predicted octanol–water partition coefficient (Wildman–Crippen LogP) is 3.42. The molecule has 2 aromatic carbocycles. The molecule has 0 fully saturated rings. The Hall–Kier alpha value is -2.32. The number of hydrogen-bond acceptors (Lipinski definition) is 6. The summed E-state index contributed by atoms with van der Waals surface area (Å²) in [4.78, 5) is 15.7. The van der Waals surface area contributed by atoms with Crippen LogP contribution in [0.4, 0.5) is 5.69 Å². The van der Waals surface area contributed by atoms with Crippen molar-refractivity contribution < 1.29 is 4.79 Å². The highest BCUT2D eigenvalue weighted by molar-refractivity contribution is 7.99. The van der Waals surface area contributed by atoms with Crippen molar-refractivity contribution in [2.24, 2.45) is 0 Å². The zero-order chi connectivity index (χ0) is 17.6. The molecule has 128 valence electrons. The quantitative estimate of drug-likeness (QED) is 0.669. The maximum absolute atomic E-state index is 12.2. The van der Waals surface area contributed by atoms with Gasteiger partial charge in [0.2, 0.25) is 11.7 Å². The number of thioether (sulfide) groups is 2. The summed E-state index contributed by atoms with van der Waals surface area (Å²) in [5, 5.41) is 15.2. The van der Waals surface area contributed by atoms with E-state index >= 15 is 0 Å². The molecule has 6 nitrogen and oxygen atoms in total. The van der Waals surface area contributed by atoms with E-state index < -0.39 is 0 Å². The molecule has 1 N–H and O–H groups in total. The molecule has 3 aromatic rings. The molecule has 0 bridgehead atoms. The summed E-state index contributed by atoms with van der Waals surface area (Å²) in [6, 6.07) is 15.6. The number of carbonyl (C=O) groups excluding carboxylic acids is 1. The van der Waals surface area contributed by atoms with E-state index in [9.17, 15) is 4.79 Å². The van der Waals surface area contributed by atoms with E-state index in [0.29, 0.717) is 5.82 Å². The van der Waals surface area contributed by atoms with Crippen LogP contribution in [0.3, 0.4) is 0 Å². The summed E-state index contributed by atoms with van der Waals surface area (Å²) in [6.07, 6.45) is 4.00. The van der Waals surface area contributed by atoms with E-state index in [4.69, 9.17) is 0 Å². The Morgan fingerprint density at radius 2 is 1.84 bits per heavy atom. The molecule has 0 saturated carbocycles. The molecule has 0 aliphatic rings. The Balaban J connectivity index is 1.67. The van der Waals surface area contributed by atoms with Crippen molar-refractivity contribution >= 4 is 35.1 Å². The van der Waals surface area contributed by atoms with Crippen LogP contribution in [0, 0.1) is 0 Å². The van der Waals surface area contributed by atoms with Crippen molar-refractivity contribution in [3.8, 4) is 11.4 Å². The van der Waals surface area contributed by atoms with Gasteiger partial charge in [-0.15, -0.1) is 33.7 Å². The normalized spacial score (nSPS) is 10.6. The molecule has 8 heteroatoms. The molecule has 0 unspecified atom stereocenters. The van der Waals surface area contributed by atoms with E-state index in [2.05, 4.69) is 20.7 Å². The SMILES string of the molecule is CSc1ccc(-c2nnn(CC(=O)Nc3ccccc3SC)n2)cc1. The first-order valence-corrected chi connectivity index (χ1v) is 9.99. The standard InChI is InChI=1S/C17H17N5OS2/c1-24-13-9-7-12(8-10-13)17-19-21-22(20-17)11-16(23)18-14-5-3-4-6-15(14)25-2/h3-10H,11H2,1-2H3,(H,18,23). The van der Waals surface area contributed by atoms with E-state index in [0.717, 1.165) is 16.1 Å². The molecular formula is C17H17N5OS2. The number of amides is 1. The van der Waals surface area contributed by atoms with Crippen LogP contribution >= 0.6 is 23.5 Å². The molecule has 1 aromatic heterocycles. The number of rotatable bonds is 6. The lowest BCUT2D eigenvalue weighted by Crippen LogP contribution is -2.20. The fourth-order valence-electron chi connectivity index (χ4n) is 2.23. The van der Waals surface area contributed by atoms with Crippen molar-refractivity contribution in [3.63, 3.8) is 0 Å². The number of hydrogen-bond donors (Lipinski definition) is 1. The van der Waals surface area contributed by atoms with Crippen LogP contribution in [0.15, 0.2) is 58.3 Å². The lowest BCUT2D eigenvalue weighted by molar-refractivity contribution is -0.117. The van der Waals surface area contributed by atoms with Gasteiger partial charge in [0.1, 0.15) is 6.54 Å². The third-order valence-electron chi connectivity index (χ3n) is 3.47. The molecule has 0 saturated heterocycles. The highest BCUT2D eigenvalue weighted by Gasteiger charge is 2.11. The van der Waals surface area contributed by atoms with Gasteiger partial charge < -0.3 is 5.32 Å². The van der Waals surface area contributed by atoms with Gasteiger partial charge in [-0.3, -0.25) is 4.79 Å². The smallest absolute Gasteiger partial charge is 0.248 e. The van der Waals surface area contributed by atoms with Crippen molar-refractivity contribution in [1.29, 1.82) is 0 Å². The molecule has 0 radical (unpaired) electrons. The molecule has 0 spiro atoms. The van der Waals surface area contributed by atoms with Crippen LogP contribution in [0.2, 0.25) is 0 Å². The summed E-state index contributed by atoms with van der Waals surface area (Å²) in [7, 11) is 0. The second-order valence-electron chi connectivity index (χ2n) is 5.12. The minimum Gasteiger partial charge on any atom is -0.323 e. The van der Waals surface area contributed by atoms with Gasteiger partial charge in [0, 0.05) is 15.4 Å². The average molecular weight is 371 g/mol. The monoisotopic (exact) mass is 371 g/mol. The van der Waals surface area contributed by atoms with E-state index in [1.54, 1.807) is 23.5 Å².